The van der Waals surface area contributed by atoms with Gasteiger partial charge in [-0.25, -0.2) is 0 Å². The number of amides is 2. The van der Waals surface area contributed by atoms with E-state index in [9.17, 15) is 9.59 Å². The van der Waals surface area contributed by atoms with Crippen LogP contribution >= 0.6 is 0 Å². The van der Waals surface area contributed by atoms with Crippen LogP contribution in [0.15, 0.2) is 24.5 Å². The van der Waals surface area contributed by atoms with Crippen LogP contribution in [-0.2, 0) is 9.59 Å². The van der Waals surface area contributed by atoms with Crippen molar-refractivity contribution in [2.45, 2.75) is 31.7 Å². The number of piperidine rings is 1. The van der Waals surface area contributed by atoms with Gasteiger partial charge in [-0.15, -0.1) is 0 Å². The minimum Gasteiger partial charge on any atom is -0.482 e. The molecule has 1 aromatic heterocycles. The van der Waals surface area contributed by atoms with Crippen molar-refractivity contribution in [1.29, 1.82) is 0 Å². The number of ether oxygens (including phenoxy) is 1. The molecule has 2 amide bonds. The summed E-state index contributed by atoms with van der Waals surface area (Å²) in [6.07, 6.45) is 7.22. The molecule has 3 heterocycles. The van der Waals surface area contributed by atoms with Gasteiger partial charge in [-0.05, 0) is 50.3 Å². The second kappa shape index (κ2) is 8.80. The van der Waals surface area contributed by atoms with E-state index in [-0.39, 0.29) is 24.5 Å². The summed E-state index contributed by atoms with van der Waals surface area (Å²) in [6.45, 7) is 3.00. The molecule has 2 atom stereocenters. The maximum atomic E-state index is 12.3. The van der Waals surface area contributed by atoms with E-state index in [1.54, 1.807) is 24.5 Å². The van der Waals surface area contributed by atoms with E-state index in [1.165, 1.54) is 0 Å². The number of aromatic nitrogens is 1. The molecule has 2 aliphatic rings. The number of likely N-dealkylation sites (tertiary alicyclic amines) is 1. The molecule has 2 N–H and O–H groups in total. The van der Waals surface area contributed by atoms with Crippen molar-refractivity contribution in [2.75, 3.05) is 32.8 Å². The van der Waals surface area contributed by atoms with E-state index in [0.717, 1.165) is 38.8 Å². The Balaban J connectivity index is 1.40. The molecule has 2 unspecified atom stereocenters. The highest BCUT2D eigenvalue weighted by Crippen LogP contribution is 2.17. The standard InChI is InChI=1S/C18H26N4O3/c23-17(13-25-15-5-1-7-19-11-15)22-9-3-4-14(12-22)10-21-18(24)16-6-2-8-20-16/h1,5,7,11,14,16,20H,2-4,6,8-10,12-13H2,(H,21,24). The molecule has 7 nitrogen and oxygen atoms in total. The van der Waals surface area contributed by atoms with Crippen LogP contribution in [0.3, 0.4) is 0 Å². The third-order valence-corrected chi connectivity index (χ3v) is 4.81. The largest absolute Gasteiger partial charge is 0.482 e. The Morgan fingerprint density at radius 1 is 1.36 bits per heavy atom. The zero-order chi connectivity index (χ0) is 17.5. The number of carbonyl (C=O) groups is 2. The summed E-state index contributed by atoms with van der Waals surface area (Å²) in [5.41, 5.74) is 0. The molecule has 25 heavy (non-hydrogen) atoms. The van der Waals surface area contributed by atoms with Gasteiger partial charge >= 0.3 is 0 Å². The van der Waals surface area contributed by atoms with Crippen molar-refractivity contribution in [3.05, 3.63) is 24.5 Å². The fourth-order valence-electron chi connectivity index (χ4n) is 3.40. The van der Waals surface area contributed by atoms with Crippen LogP contribution in [0.4, 0.5) is 0 Å². The average molecular weight is 346 g/mol. The first-order chi connectivity index (χ1) is 12.2. The molecule has 1 aromatic rings. The molecular formula is C18H26N4O3. The van der Waals surface area contributed by atoms with Crippen LogP contribution in [0.25, 0.3) is 0 Å². The lowest BCUT2D eigenvalue weighted by atomic mass is 9.97. The van der Waals surface area contributed by atoms with Crippen molar-refractivity contribution < 1.29 is 14.3 Å². The van der Waals surface area contributed by atoms with Gasteiger partial charge in [-0.1, -0.05) is 0 Å². The highest BCUT2D eigenvalue weighted by atomic mass is 16.5. The Kier molecular flexibility index (Phi) is 6.22. The second-order valence-electron chi connectivity index (χ2n) is 6.72. The zero-order valence-corrected chi connectivity index (χ0v) is 14.4. The molecule has 7 heteroatoms. The lowest BCUT2D eigenvalue weighted by Crippen LogP contribution is -2.47. The predicted molar refractivity (Wildman–Crippen MR) is 93.1 cm³/mol. The van der Waals surface area contributed by atoms with Crippen molar-refractivity contribution in [3.63, 3.8) is 0 Å². The first kappa shape index (κ1) is 17.7. The number of rotatable bonds is 6. The molecule has 0 spiro atoms. The molecule has 136 valence electrons. The Morgan fingerprint density at radius 2 is 2.28 bits per heavy atom. The van der Waals surface area contributed by atoms with Gasteiger partial charge in [0.1, 0.15) is 5.75 Å². The van der Waals surface area contributed by atoms with Gasteiger partial charge in [0.25, 0.3) is 5.91 Å². The second-order valence-corrected chi connectivity index (χ2v) is 6.72. The van der Waals surface area contributed by atoms with Crippen molar-refractivity contribution in [1.82, 2.24) is 20.5 Å². The molecule has 0 bridgehead atoms. The summed E-state index contributed by atoms with van der Waals surface area (Å²) in [6, 6.07) is 3.51. The maximum Gasteiger partial charge on any atom is 0.260 e. The number of nitrogens with one attached hydrogen (secondary N) is 2. The molecule has 0 aliphatic carbocycles. The van der Waals surface area contributed by atoms with Crippen molar-refractivity contribution >= 4 is 11.8 Å². The smallest absolute Gasteiger partial charge is 0.260 e. The fraction of sp³-hybridized carbons (Fsp3) is 0.611. The van der Waals surface area contributed by atoms with E-state index in [1.807, 2.05) is 4.90 Å². The highest BCUT2D eigenvalue weighted by molar-refractivity contribution is 5.82. The lowest BCUT2D eigenvalue weighted by Gasteiger charge is -2.33. The van der Waals surface area contributed by atoms with Gasteiger partial charge in [0.15, 0.2) is 6.61 Å². The van der Waals surface area contributed by atoms with Gasteiger partial charge in [-0.3, -0.25) is 14.6 Å². The van der Waals surface area contributed by atoms with E-state index >= 15 is 0 Å². The Labute approximate surface area is 148 Å². The summed E-state index contributed by atoms with van der Waals surface area (Å²) < 4.78 is 5.49. The molecule has 2 aliphatic heterocycles. The quantitative estimate of drug-likeness (QED) is 0.787. The molecule has 2 saturated heterocycles. The van der Waals surface area contributed by atoms with Gasteiger partial charge < -0.3 is 20.3 Å². The Hall–Kier alpha value is -2.15. The summed E-state index contributed by atoms with van der Waals surface area (Å²) in [5.74, 6) is 0.973. The average Bonchev–Trinajstić information content (AvgIpc) is 3.20. The van der Waals surface area contributed by atoms with E-state index in [4.69, 9.17) is 4.74 Å². The summed E-state index contributed by atoms with van der Waals surface area (Å²) >= 11 is 0. The van der Waals surface area contributed by atoms with Crippen molar-refractivity contribution in [3.8, 4) is 5.75 Å². The van der Waals surface area contributed by atoms with Crippen molar-refractivity contribution in [2.24, 2.45) is 5.92 Å². The third kappa shape index (κ3) is 5.16. The molecule has 0 radical (unpaired) electrons. The van der Waals surface area contributed by atoms with E-state index in [0.29, 0.717) is 24.8 Å². The highest BCUT2D eigenvalue weighted by Gasteiger charge is 2.26. The number of carbonyl (C=O) groups excluding carboxylic acids is 2. The minimum absolute atomic E-state index is 0.0164. The molecule has 0 aromatic carbocycles. The summed E-state index contributed by atoms with van der Waals surface area (Å²) in [5, 5.41) is 6.24. The van der Waals surface area contributed by atoms with Crippen LogP contribution < -0.4 is 15.4 Å². The Bertz CT molecular complexity index is 575. The van der Waals surface area contributed by atoms with Gasteiger partial charge in [-0.2, -0.15) is 0 Å². The van der Waals surface area contributed by atoms with E-state index in [2.05, 4.69) is 15.6 Å². The Morgan fingerprint density at radius 3 is 3.04 bits per heavy atom. The topological polar surface area (TPSA) is 83.6 Å². The first-order valence-corrected chi connectivity index (χ1v) is 9.04. The normalized spacial score (nSPS) is 23.3. The first-order valence-electron chi connectivity index (χ1n) is 9.04. The maximum absolute atomic E-state index is 12.3. The molecule has 2 fully saturated rings. The van der Waals surface area contributed by atoms with E-state index < -0.39 is 0 Å². The van der Waals surface area contributed by atoms with Crippen LogP contribution in [0.2, 0.25) is 0 Å². The van der Waals surface area contributed by atoms with Crippen LogP contribution in [0, 0.1) is 5.92 Å². The number of nitrogens with zero attached hydrogens (tertiary/aromatic N) is 2. The number of hydrogen-bond donors (Lipinski definition) is 2. The number of hydrogen-bond acceptors (Lipinski definition) is 5. The fourth-order valence-corrected chi connectivity index (χ4v) is 3.40. The van der Waals surface area contributed by atoms with Crippen LogP contribution in [-0.4, -0.2) is 60.5 Å². The van der Waals surface area contributed by atoms with Gasteiger partial charge in [0, 0.05) is 25.8 Å². The molecule has 0 saturated carbocycles. The third-order valence-electron chi connectivity index (χ3n) is 4.81. The zero-order valence-electron chi connectivity index (χ0n) is 14.4. The monoisotopic (exact) mass is 346 g/mol. The van der Waals surface area contributed by atoms with Gasteiger partial charge in [0.2, 0.25) is 5.91 Å². The predicted octanol–water partition coefficient (Wildman–Crippen LogP) is 0.567. The minimum atomic E-state index is -0.0470. The van der Waals surface area contributed by atoms with Gasteiger partial charge in [0.05, 0.1) is 12.2 Å². The van der Waals surface area contributed by atoms with Crippen LogP contribution in [0.1, 0.15) is 25.7 Å². The molecule has 3 rings (SSSR count). The SMILES string of the molecule is O=C(NCC1CCCN(C(=O)COc2cccnc2)C1)C1CCCN1. The molecular weight excluding hydrogens is 320 g/mol. The summed E-state index contributed by atoms with van der Waals surface area (Å²) in [4.78, 5) is 30.2. The lowest BCUT2D eigenvalue weighted by molar-refractivity contribution is -0.135. The summed E-state index contributed by atoms with van der Waals surface area (Å²) in [7, 11) is 0. The number of pyridine rings is 1. The van der Waals surface area contributed by atoms with Crippen LogP contribution in [0.5, 0.6) is 5.75 Å².